The molecule has 0 spiro atoms. The summed E-state index contributed by atoms with van der Waals surface area (Å²) in [4.78, 5) is 25.4. The molecule has 26 heavy (non-hydrogen) atoms. The fourth-order valence-electron chi connectivity index (χ4n) is 2.92. The van der Waals surface area contributed by atoms with Crippen LogP contribution in [0.5, 0.6) is 0 Å². The summed E-state index contributed by atoms with van der Waals surface area (Å²) in [5, 5.41) is 2.26. The van der Waals surface area contributed by atoms with Crippen molar-refractivity contribution in [3.8, 4) is 0 Å². The van der Waals surface area contributed by atoms with Crippen LogP contribution >= 0.6 is 0 Å². The second-order valence-corrected chi connectivity index (χ2v) is 6.13. The minimum absolute atomic E-state index is 0.0769. The summed E-state index contributed by atoms with van der Waals surface area (Å²) < 4.78 is 27.5. The van der Waals surface area contributed by atoms with E-state index in [1.165, 1.54) is 6.07 Å². The van der Waals surface area contributed by atoms with E-state index >= 15 is 0 Å². The number of nitrogens with zero attached hydrogens (tertiary/aromatic N) is 4. The van der Waals surface area contributed by atoms with Crippen LogP contribution in [0.2, 0.25) is 0 Å². The number of piperazine rings is 1. The Bertz CT molecular complexity index is 786. The average Bonchev–Trinajstić information content (AvgIpc) is 2.64. The first kappa shape index (κ1) is 18.2. The van der Waals surface area contributed by atoms with Gasteiger partial charge in [0.2, 0.25) is 0 Å². The number of carbonyl (C=O) groups is 1. The van der Waals surface area contributed by atoms with Crippen LogP contribution < -0.4 is 10.2 Å². The maximum absolute atomic E-state index is 13.7. The minimum Gasteiger partial charge on any atom is -0.354 e. The molecule has 1 amide bonds. The van der Waals surface area contributed by atoms with Gasteiger partial charge in [-0.3, -0.25) is 4.79 Å². The molecule has 1 aromatic heterocycles. The number of rotatable bonds is 4. The number of aromatic nitrogens is 2. The molecular weight excluding hydrogens is 340 g/mol. The van der Waals surface area contributed by atoms with E-state index in [9.17, 15) is 13.6 Å². The summed E-state index contributed by atoms with van der Waals surface area (Å²) in [6.07, 6.45) is 0. The van der Waals surface area contributed by atoms with Crippen molar-refractivity contribution in [1.29, 1.82) is 0 Å². The highest BCUT2D eigenvalue weighted by Crippen LogP contribution is 2.20. The number of carbonyl (C=O) groups excluding carboxylic acids is 1. The summed E-state index contributed by atoms with van der Waals surface area (Å²) in [5.74, 6) is -1.26. The second kappa shape index (κ2) is 7.74. The lowest BCUT2D eigenvalue weighted by Gasteiger charge is -2.34. The Morgan fingerprint density at radius 1 is 1.15 bits per heavy atom. The number of hydrogen-bond acceptors (Lipinski definition) is 5. The van der Waals surface area contributed by atoms with E-state index in [0.29, 0.717) is 11.6 Å². The van der Waals surface area contributed by atoms with Crippen molar-refractivity contribution in [3.63, 3.8) is 0 Å². The summed E-state index contributed by atoms with van der Waals surface area (Å²) in [6.45, 7) is 8.24. The highest BCUT2D eigenvalue weighted by molar-refractivity contribution is 6.03. The van der Waals surface area contributed by atoms with Crippen LogP contribution in [-0.4, -0.2) is 53.5 Å². The molecule has 6 nitrogen and oxygen atoms in total. The zero-order chi connectivity index (χ0) is 18.7. The van der Waals surface area contributed by atoms with Gasteiger partial charge >= 0.3 is 0 Å². The molecule has 0 atom stereocenters. The number of likely N-dealkylation sites (N-methyl/N-ethyl adjacent to an activating group) is 1. The lowest BCUT2D eigenvalue weighted by atomic mass is 10.2. The molecule has 0 unspecified atom stereocenters. The lowest BCUT2D eigenvalue weighted by molar-refractivity contribution is 0.102. The van der Waals surface area contributed by atoms with Gasteiger partial charge in [-0.25, -0.2) is 18.7 Å². The van der Waals surface area contributed by atoms with Crippen molar-refractivity contribution in [2.75, 3.05) is 42.9 Å². The van der Waals surface area contributed by atoms with Crippen LogP contribution in [0.25, 0.3) is 0 Å². The molecule has 0 aliphatic carbocycles. The summed E-state index contributed by atoms with van der Waals surface area (Å²) in [6, 6.07) is 4.97. The number of hydrogen-bond donors (Lipinski definition) is 1. The molecule has 138 valence electrons. The largest absolute Gasteiger partial charge is 0.354 e. The quantitative estimate of drug-likeness (QED) is 0.906. The molecule has 2 heterocycles. The van der Waals surface area contributed by atoms with Crippen molar-refractivity contribution in [2.45, 2.75) is 13.8 Å². The molecule has 1 saturated heterocycles. The van der Waals surface area contributed by atoms with Crippen LogP contribution in [0.3, 0.4) is 0 Å². The number of nitrogens with one attached hydrogen (secondary N) is 1. The third kappa shape index (κ3) is 3.96. The third-order valence-electron chi connectivity index (χ3n) is 4.40. The Balaban J connectivity index is 1.80. The molecule has 0 radical (unpaired) electrons. The zero-order valence-electron chi connectivity index (χ0n) is 14.8. The standard InChI is InChI=1S/C18H21F2N5O/c1-3-24-7-9-25(10-8-24)16-11-15(21-12(2)22-16)18(26)23-17-13(19)5-4-6-14(17)20/h4-6,11H,3,7-10H2,1-2H3,(H,23,26). The Hall–Kier alpha value is -2.61. The SMILES string of the molecule is CCN1CCN(c2cc(C(=O)Nc3c(F)cccc3F)nc(C)n2)CC1. The maximum Gasteiger partial charge on any atom is 0.274 e. The summed E-state index contributed by atoms with van der Waals surface area (Å²) in [5.41, 5.74) is -0.403. The fourth-order valence-corrected chi connectivity index (χ4v) is 2.92. The Morgan fingerprint density at radius 2 is 1.81 bits per heavy atom. The van der Waals surface area contributed by atoms with Gasteiger partial charge in [-0.2, -0.15) is 0 Å². The Kier molecular flexibility index (Phi) is 5.41. The first-order chi connectivity index (χ1) is 12.5. The van der Waals surface area contributed by atoms with Gasteiger partial charge in [0.05, 0.1) is 0 Å². The van der Waals surface area contributed by atoms with E-state index in [1.54, 1.807) is 13.0 Å². The van der Waals surface area contributed by atoms with Gasteiger partial charge in [0, 0.05) is 32.2 Å². The molecule has 0 saturated carbocycles. The number of halogens is 2. The summed E-state index contributed by atoms with van der Waals surface area (Å²) in [7, 11) is 0. The molecule has 1 fully saturated rings. The van der Waals surface area contributed by atoms with Gasteiger partial charge in [-0.05, 0) is 25.6 Å². The molecule has 3 rings (SSSR count). The first-order valence-electron chi connectivity index (χ1n) is 8.56. The molecule has 8 heteroatoms. The van der Waals surface area contributed by atoms with E-state index in [-0.39, 0.29) is 5.69 Å². The van der Waals surface area contributed by atoms with E-state index in [4.69, 9.17) is 0 Å². The second-order valence-electron chi connectivity index (χ2n) is 6.13. The van der Waals surface area contributed by atoms with E-state index in [1.807, 2.05) is 0 Å². The highest BCUT2D eigenvalue weighted by Gasteiger charge is 2.20. The first-order valence-corrected chi connectivity index (χ1v) is 8.56. The smallest absolute Gasteiger partial charge is 0.274 e. The third-order valence-corrected chi connectivity index (χ3v) is 4.40. The van der Waals surface area contributed by atoms with E-state index < -0.39 is 23.2 Å². The molecular formula is C18H21F2N5O. The minimum atomic E-state index is -0.833. The molecule has 1 aliphatic rings. The molecule has 1 aromatic carbocycles. The van der Waals surface area contributed by atoms with Gasteiger partial charge in [0.1, 0.15) is 34.7 Å². The van der Waals surface area contributed by atoms with Crippen LogP contribution in [0.1, 0.15) is 23.2 Å². The van der Waals surface area contributed by atoms with E-state index in [0.717, 1.165) is 44.9 Å². The normalized spacial score (nSPS) is 15.2. The number of para-hydroxylation sites is 1. The van der Waals surface area contributed by atoms with Crippen LogP contribution in [0.4, 0.5) is 20.3 Å². The number of amides is 1. The molecule has 1 aliphatic heterocycles. The van der Waals surface area contributed by atoms with Crippen molar-refractivity contribution in [1.82, 2.24) is 14.9 Å². The maximum atomic E-state index is 13.7. The highest BCUT2D eigenvalue weighted by atomic mass is 19.1. The van der Waals surface area contributed by atoms with Gasteiger partial charge < -0.3 is 15.1 Å². The molecule has 1 N–H and O–H groups in total. The number of aryl methyl sites for hydroxylation is 1. The van der Waals surface area contributed by atoms with Crippen LogP contribution in [0, 0.1) is 18.6 Å². The molecule has 0 bridgehead atoms. The molecule has 2 aromatic rings. The monoisotopic (exact) mass is 361 g/mol. The summed E-state index contributed by atoms with van der Waals surface area (Å²) >= 11 is 0. The van der Waals surface area contributed by atoms with Gasteiger partial charge in [-0.15, -0.1) is 0 Å². The van der Waals surface area contributed by atoms with Crippen molar-refractivity contribution in [3.05, 3.63) is 47.4 Å². The predicted octanol–water partition coefficient (Wildman–Crippen LogP) is 2.46. The van der Waals surface area contributed by atoms with Crippen molar-refractivity contribution in [2.24, 2.45) is 0 Å². The lowest BCUT2D eigenvalue weighted by Crippen LogP contribution is -2.46. The topological polar surface area (TPSA) is 61.4 Å². The van der Waals surface area contributed by atoms with Crippen molar-refractivity contribution >= 4 is 17.4 Å². The van der Waals surface area contributed by atoms with Gasteiger partial charge in [0.25, 0.3) is 5.91 Å². The van der Waals surface area contributed by atoms with Crippen LogP contribution in [0.15, 0.2) is 24.3 Å². The van der Waals surface area contributed by atoms with Gasteiger partial charge in [0.15, 0.2) is 0 Å². The number of benzene rings is 1. The van der Waals surface area contributed by atoms with E-state index in [2.05, 4.69) is 32.0 Å². The van der Waals surface area contributed by atoms with Crippen LogP contribution in [-0.2, 0) is 0 Å². The zero-order valence-corrected chi connectivity index (χ0v) is 14.8. The Morgan fingerprint density at radius 3 is 2.42 bits per heavy atom. The average molecular weight is 361 g/mol. The Labute approximate surface area is 150 Å². The van der Waals surface area contributed by atoms with Crippen molar-refractivity contribution < 1.29 is 13.6 Å². The predicted molar refractivity (Wildman–Crippen MR) is 95.4 cm³/mol. The number of anilines is 2. The van der Waals surface area contributed by atoms with Gasteiger partial charge in [-0.1, -0.05) is 13.0 Å². The fraction of sp³-hybridized carbons (Fsp3) is 0.389.